The van der Waals surface area contributed by atoms with Gasteiger partial charge in [-0.15, -0.1) is 0 Å². The van der Waals surface area contributed by atoms with E-state index in [1.54, 1.807) is 5.57 Å². The molecular formula is C13H21N. The summed E-state index contributed by atoms with van der Waals surface area (Å²) in [7, 11) is 0. The summed E-state index contributed by atoms with van der Waals surface area (Å²) >= 11 is 0. The van der Waals surface area contributed by atoms with Crippen molar-refractivity contribution in [3.8, 4) is 0 Å². The molecule has 1 heteroatoms. The summed E-state index contributed by atoms with van der Waals surface area (Å²) in [5.74, 6) is 0. The molecule has 1 aliphatic heterocycles. The van der Waals surface area contributed by atoms with E-state index < -0.39 is 0 Å². The third-order valence-corrected chi connectivity index (χ3v) is 3.76. The van der Waals surface area contributed by atoms with Crippen molar-refractivity contribution in [1.82, 2.24) is 0 Å². The van der Waals surface area contributed by atoms with Crippen LogP contribution in [0.15, 0.2) is 16.3 Å². The largest absolute Gasteiger partial charge is 0.262 e. The molecule has 0 saturated heterocycles. The molecule has 2 rings (SSSR count). The highest BCUT2D eigenvalue weighted by Gasteiger charge is 2.30. The Morgan fingerprint density at radius 3 is 2.21 bits per heavy atom. The lowest BCUT2D eigenvalue weighted by Crippen LogP contribution is -2.16. The third-order valence-electron chi connectivity index (χ3n) is 3.76. The standard InChI is InChI=1S/C13H21N/c1-10-13(2,3)9-12(14-10)11-7-5-4-6-8-11/h4-9H2,1-3H3. The maximum absolute atomic E-state index is 4.76. The number of hydrogen-bond acceptors (Lipinski definition) is 1. The third kappa shape index (κ3) is 1.77. The number of allylic oxidation sites excluding steroid dienone is 2. The summed E-state index contributed by atoms with van der Waals surface area (Å²) in [6, 6.07) is 0. The summed E-state index contributed by atoms with van der Waals surface area (Å²) in [5.41, 5.74) is 4.72. The molecule has 1 saturated carbocycles. The SMILES string of the molecule is CC1=NC(=C2CCCCC2)CC1(C)C. The second kappa shape index (κ2) is 3.52. The maximum Gasteiger partial charge on any atom is 0.0404 e. The van der Waals surface area contributed by atoms with Crippen molar-refractivity contribution in [3.05, 3.63) is 11.3 Å². The van der Waals surface area contributed by atoms with Gasteiger partial charge in [-0.1, -0.05) is 20.3 Å². The predicted molar refractivity (Wildman–Crippen MR) is 61.6 cm³/mol. The minimum Gasteiger partial charge on any atom is -0.262 e. The Morgan fingerprint density at radius 1 is 1.07 bits per heavy atom. The van der Waals surface area contributed by atoms with Crippen molar-refractivity contribution in [2.75, 3.05) is 0 Å². The molecule has 0 N–H and O–H groups in total. The van der Waals surface area contributed by atoms with Crippen LogP contribution in [0.3, 0.4) is 0 Å². The molecule has 78 valence electrons. The molecule has 0 bridgehead atoms. The van der Waals surface area contributed by atoms with E-state index in [1.807, 2.05) is 0 Å². The van der Waals surface area contributed by atoms with Gasteiger partial charge >= 0.3 is 0 Å². The first-order valence-corrected chi connectivity index (χ1v) is 5.86. The van der Waals surface area contributed by atoms with E-state index in [9.17, 15) is 0 Å². The fourth-order valence-electron chi connectivity index (χ4n) is 2.41. The zero-order valence-electron chi connectivity index (χ0n) is 9.69. The molecule has 0 radical (unpaired) electrons. The van der Waals surface area contributed by atoms with Gasteiger partial charge < -0.3 is 0 Å². The number of nitrogens with zero attached hydrogens (tertiary/aromatic N) is 1. The van der Waals surface area contributed by atoms with Crippen LogP contribution in [-0.2, 0) is 0 Å². The van der Waals surface area contributed by atoms with Crippen molar-refractivity contribution < 1.29 is 0 Å². The van der Waals surface area contributed by atoms with E-state index in [4.69, 9.17) is 4.99 Å². The van der Waals surface area contributed by atoms with Crippen LogP contribution >= 0.6 is 0 Å². The Bertz CT molecular complexity index is 286. The Morgan fingerprint density at radius 2 is 1.71 bits per heavy atom. The molecule has 1 heterocycles. The molecule has 0 atom stereocenters. The second-order valence-electron chi connectivity index (χ2n) is 5.37. The highest BCUT2D eigenvalue weighted by Crippen LogP contribution is 2.39. The molecular weight excluding hydrogens is 170 g/mol. The van der Waals surface area contributed by atoms with Gasteiger partial charge in [0.15, 0.2) is 0 Å². The summed E-state index contributed by atoms with van der Waals surface area (Å²) in [6.07, 6.45) is 7.98. The molecule has 1 aliphatic carbocycles. The first kappa shape index (κ1) is 9.95. The minimum absolute atomic E-state index is 0.319. The van der Waals surface area contributed by atoms with Crippen molar-refractivity contribution in [2.24, 2.45) is 10.4 Å². The molecule has 2 aliphatic rings. The smallest absolute Gasteiger partial charge is 0.0404 e. The van der Waals surface area contributed by atoms with Crippen molar-refractivity contribution in [1.29, 1.82) is 0 Å². The lowest BCUT2D eigenvalue weighted by Gasteiger charge is -2.18. The molecule has 0 aromatic rings. The van der Waals surface area contributed by atoms with Gasteiger partial charge in [-0.25, -0.2) is 0 Å². The number of rotatable bonds is 0. The van der Waals surface area contributed by atoms with E-state index in [0.29, 0.717) is 5.41 Å². The van der Waals surface area contributed by atoms with Gasteiger partial charge in [0.2, 0.25) is 0 Å². The van der Waals surface area contributed by atoms with Crippen LogP contribution in [0.1, 0.15) is 59.3 Å². The highest BCUT2D eigenvalue weighted by molar-refractivity contribution is 5.90. The zero-order valence-corrected chi connectivity index (χ0v) is 9.69. The van der Waals surface area contributed by atoms with Crippen molar-refractivity contribution >= 4 is 5.71 Å². The molecule has 0 aromatic carbocycles. The summed E-state index contributed by atoms with van der Waals surface area (Å²) in [6.45, 7) is 6.79. The zero-order chi connectivity index (χ0) is 10.2. The van der Waals surface area contributed by atoms with E-state index in [2.05, 4.69) is 20.8 Å². The molecule has 1 nitrogen and oxygen atoms in total. The number of aliphatic imine (C=N–C) groups is 1. The molecule has 14 heavy (non-hydrogen) atoms. The average Bonchev–Trinajstić information content (AvgIpc) is 2.43. The van der Waals surface area contributed by atoms with Gasteiger partial charge in [0.25, 0.3) is 0 Å². The van der Waals surface area contributed by atoms with Gasteiger partial charge in [-0.05, 0) is 44.6 Å². The normalized spacial score (nSPS) is 26.6. The Kier molecular flexibility index (Phi) is 2.50. The van der Waals surface area contributed by atoms with Crippen LogP contribution in [0.25, 0.3) is 0 Å². The van der Waals surface area contributed by atoms with Gasteiger partial charge in [0.1, 0.15) is 0 Å². The maximum atomic E-state index is 4.76. The van der Waals surface area contributed by atoms with E-state index in [0.717, 1.165) is 0 Å². The van der Waals surface area contributed by atoms with Crippen LogP contribution in [0.5, 0.6) is 0 Å². The van der Waals surface area contributed by atoms with Crippen LogP contribution in [0.4, 0.5) is 0 Å². The molecule has 0 unspecified atom stereocenters. The lowest BCUT2D eigenvalue weighted by atomic mass is 9.84. The fraction of sp³-hybridized carbons (Fsp3) is 0.769. The summed E-state index contributed by atoms with van der Waals surface area (Å²) in [5, 5.41) is 0. The molecule has 1 fully saturated rings. The summed E-state index contributed by atoms with van der Waals surface area (Å²) in [4.78, 5) is 4.76. The van der Waals surface area contributed by atoms with Crippen LogP contribution in [0, 0.1) is 5.41 Å². The van der Waals surface area contributed by atoms with Gasteiger partial charge in [0, 0.05) is 16.8 Å². The topological polar surface area (TPSA) is 12.4 Å². The summed E-state index contributed by atoms with van der Waals surface area (Å²) < 4.78 is 0. The van der Waals surface area contributed by atoms with Crippen molar-refractivity contribution in [2.45, 2.75) is 59.3 Å². The van der Waals surface area contributed by atoms with E-state index in [-0.39, 0.29) is 0 Å². The quantitative estimate of drug-likeness (QED) is 0.546. The van der Waals surface area contributed by atoms with Gasteiger partial charge in [-0.2, -0.15) is 0 Å². The van der Waals surface area contributed by atoms with Crippen LogP contribution in [-0.4, -0.2) is 5.71 Å². The number of hydrogen-bond donors (Lipinski definition) is 0. The first-order valence-electron chi connectivity index (χ1n) is 5.86. The van der Waals surface area contributed by atoms with Crippen molar-refractivity contribution in [3.63, 3.8) is 0 Å². The van der Waals surface area contributed by atoms with E-state index in [1.165, 1.54) is 49.9 Å². The predicted octanol–water partition coefficient (Wildman–Crippen LogP) is 4.10. The first-order chi connectivity index (χ1) is 6.59. The minimum atomic E-state index is 0.319. The Hall–Kier alpha value is -0.590. The second-order valence-corrected chi connectivity index (χ2v) is 5.37. The average molecular weight is 191 g/mol. The van der Waals surface area contributed by atoms with Gasteiger partial charge in [-0.3, -0.25) is 4.99 Å². The van der Waals surface area contributed by atoms with Crippen LogP contribution in [0.2, 0.25) is 0 Å². The molecule has 0 spiro atoms. The molecule has 0 aromatic heterocycles. The highest BCUT2D eigenvalue weighted by atomic mass is 14.8. The fourth-order valence-corrected chi connectivity index (χ4v) is 2.41. The van der Waals surface area contributed by atoms with Gasteiger partial charge in [0.05, 0.1) is 0 Å². The van der Waals surface area contributed by atoms with E-state index >= 15 is 0 Å². The van der Waals surface area contributed by atoms with Crippen LogP contribution < -0.4 is 0 Å². The monoisotopic (exact) mass is 191 g/mol. The lowest BCUT2D eigenvalue weighted by molar-refractivity contribution is 0.526. The Balaban J connectivity index is 2.21. The molecule has 0 amide bonds. The Labute approximate surface area is 87.3 Å².